The quantitative estimate of drug-likeness (QED) is 0.849. The number of likely N-dealkylation sites (tertiary alicyclic amines) is 1. The molecular formula is C11H17N3O2S. The zero-order valence-corrected chi connectivity index (χ0v) is 10.5. The molecule has 0 bridgehead atoms. The molecule has 1 aliphatic rings. The van der Waals surface area contributed by atoms with Crippen LogP contribution in [0.5, 0.6) is 0 Å². The molecule has 5 nitrogen and oxygen atoms in total. The zero-order chi connectivity index (χ0) is 12.3. The van der Waals surface area contributed by atoms with Crippen molar-refractivity contribution in [3.05, 3.63) is 18.5 Å². The fourth-order valence-electron chi connectivity index (χ4n) is 2.04. The van der Waals surface area contributed by atoms with E-state index in [1.807, 2.05) is 0 Å². The minimum Gasteiger partial charge on any atom is -0.396 e. The lowest BCUT2D eigenvalue weighted by Crippen LogP contribution is -2.26. The van der Waals surface area contributed by atoms with E-state index in [9.17, 15) is 8.42 Å². The maximum atomic E-state index is 12.1. The minimum absolute atomic E-state index is 0.126. The molecule has 0 spiro atoms. The molecule has 0 saturated carbocycles. The number of nitrogens with two attached hydrogens (primary N) is 1. The van der Waals surface area contributed by atoms with E-state index >= 15 is 0 Å². The number of hydrogen-bond donors (Lipinski definition) is 1. The Morgan fingerprint density at radius 3 is 2.71 bits per heavy atom. The first-order valence-electron chi connectivity index (χ1n) is 5.74. The van der Waals surface area contributed by atoms with Crippen LogP contribution in [0.1, 0.15) is 12.8 Å². The van der Waals surface area contributed by atoms with Gasteiger partial charge in [0.1, 0.15) is 0 Å². The molecule has 1 aromatic heterocycles. The lowest BCUT2D eigenvalue weighted by Gasteiger charge is -2.14. The first-order valence-corrected chi connectivity index (χ1v) is 7.39. The highest BCUT2D eigenvalue weighted by Crippen LogP contribution is 2.18. The first kappa shape index (κ1) is 12.3. The number of sulfone groups is 1. The Kier molecular flexibility index (Phi) is 3.63. The smallest absolute Gasteiger partial charge is 0.181 e. The predicted octanol–water partition coefficient (Wildman–Crippen LogP) is 0.533. The van der Waals surface area contributed by atoms with Crippen molar-refractivity contribution in [1.29, 1.82) is 0 Å². The van der Waals surface area contributed by atoms with Crippen LogP contribution in [0.25, 0.3) is 0 Å². The average molecular weight is 255 g/mol. The van der Waals surface area contributed by atoms with Crippen LogP contribution in [0.15, 0.2) is 23.4 Å². The van der Waals surface area contributed by atoms with Crippen molar-refractivity contribution in [2.24, 2.45) is 0 Å². The van der Waals surface area contributed by atoms with Crippen molar-refractivity contribution < 1.29 is 8.42 Å². The second-order valence-corrected chi connectivity index (χ2v) is 6.36. The lowest BCUT2D eigenvalue weighted by atomic mass is 10.4. The van der Waals surface area contributed by atoms with Crippen molar-refractivity contribution >= 4 is 15.5 Å². The van der Waals surface area contributed by atoms with Gasteiger partial charge in [0.15, 0.2) is 9.84 Å². The van der Waals surface area contributed by atoms with Crippen molar-refractivity contribution in [1.82, 2.24) is 9.88 Å². The standard InChI is InChI=1S/C11H17N3O2S/c12-10-9-13-4-3-11(10)17(15,16)8-7-14-5-1-2-6-14/h3-4,9H,1-2,5-8,12H2. The summed E-state index contributed by atoms with van der Waals surface area (Å²) in [5, 5.41) is 0. The van der Waals surface area contributed by atoms with Gasteiger partial charge in [0.25, 0.3) is 0 Å². The second kappa shape index (κ2) is 5.01. The van der Waals surface area contributed by atoms with Gasteiger partial charge >= 0.3 is 0 Å². The summed E-state index contributed by atoms with van der Waals surface area (Å²) >= 11 is 0. The molecule has 6 heteroatoms. The molecule has 1 saturated heterocycles. The van der Waals surface area contributed by atoms with Gasteiger partial charge in [-0.05, 0) is 32.0 Å². The van der Waals surface area contributed by atoms with Crippen LogP contribution in [0, 0.1) is 0 Å². The second-order valence-electron chi connectivity index (χ2n) is 4.28. The van der Waals surface area contributed by atoms with Crippen LogP contribution in [-0.4, -0.2) is 43.7 Å². The zero-order valence-electron chi connectivity index (χ0n) is 9.67. The van der Waals surface area contributed by atoms with Gasteiger partial charge in [0, 0.05) is 12.7 Å². The topological polar surface area (TPSA) is 76.3 Å². The molecule has 2 N–H and O–H groups in total. The minimum atomic E-state index is -3.29. The van der Waals surface area contributed by atoms with E-state index in [2.05, 4.69) is 9.88 Å². The Hall–Kier alpha value is -1.14. The number of hydrogen-bond acceptors (Lipinski definition) is 5. The van der Waals surface area contributed by atoms with Crippen LogP contribution < -0.4 is 5.73 Å². The monoisotopic (exact) mass is 255 g/mol. The highest BCUT2D eigenvalue weighted by Gasteiger charge is 2.20. The summed E-state index contributed by atoms with van der Waals surface area (Å²) in [5.74, 6) is 0.126. The number of anilines is 1. The van der Waals surface area contributed by atoms with Gasteiger partial charge in [-0.1, -0.05) is 0 Å². The molecule has 2 rings (SSSR count). The predicted molar refractivity (Wildman–Crippen MR) is 66.4 cm³/mol. The Balaban J connectivity index is 2.06. The molecule has 2 heterocycles. The van der Waals surface area contributed by atoms with E-state index in [1.54, 1.807) is 0 Å². The van der Waals surface area contributed by atoms with Crippen LogP contribution in [0.4, 0.5) is 5.69 Å². The van der Waals surface area contributed by atoms with Crippen LogP contribution in [0.2, 0.25) is 0 Å². The Morgan fingerprint density at radius 2 is 2.06 bits per heavy atom. The average Bonchev–Trinajstić information content (AvgIpc) is 2.80. The van der Waals surface area contributed by atoms with E-state index in [0.717, 1.165) is 25.9 Å². The van der Waals surface area contributed by atoms with Crippen LogP contribution >= 0.6 is 0 Å². The number of aromatic nitrogens is 1. The molecule has 1 fully saturated rings. The van der Waals surface area contributed by atoms with Gasteiger partial charge in [-0.25, -0.2) is 8.42 Å². The normalized spacial score (nSPS) is 17.4. The summed E-state index contributed by atoms with van der Waals surface area (Å²) < 4.78 is 24.2. The Morgan fingerprint density at radius 1 is 1.35 bits per heavy atom. The van der Waals surface area contributed by atoms with Crippen molar-refractivity contribution in [2.45, 2.75) is 17.7 Å². The van der Waals surface area contributed by atoms with Gasteiger partial charge < -0.3 is 10.6 Å². The molecule has 0 atom stereocenters. The van der Waals surface area contributed by atoms with E-state index in [1.165, 1.54) is 18.5 Å². The van der Waals surface area contributed by atoms with Crippen LogP contribution in [0.3, 0.4) is 0 Å². The highest BCUT2D eigenvalue weighted by atomic mass is 32.2. The molecule has 1 aromatic rings. The number of rotatable bonds is 4. The third-order valence-corrected chi connectivity index (χ3v) is 4.78. The van der Waals surface area contributed by atoms with E-state index < -0.39 is 9.84 Å². The van der Waals surface area contributed by atoms with Crippen molar-refractivity contribution in [2.75, 3.05) is 31.1 Å². The van der Waals surface area contributed by atoms with Gasteiger partial charge in [0.05, 0.1) is 22.5 Å². The maximum absolute atomic E-state index is 12.1. The van der Waals surface area contributed by atoms with E-state index in [0.29, 0.717) is 6.54 Å². The Labute approximate surface area is 102 Å². The molecule has 0 radical (unpaired) electrons. The van der Waals surface area contributed by atoms with E-state index in [-0.39, 0.29) is 16.3 Å². The molecule has 0 unspecified atom stereocenters. The van der Waals surface area contributed by atoms with Gasteiger partial charge in [-0.2, -0.15) is 0 Å². The van der Waals surface area contributed by atoms with Gasteiger partial charge in [-0.3, -0.25) is 4.98 Å². The van der Waals surface area contributed by atoms with Gasteiger partial charge in [0.2, 0.25) is 0 Å². The highest BCUT2D eigenvalue weighted by molar-refractivity contribution is 7.91. The molecule has 17 heavy (non-hydrogen) atoms. The van der Waals surface area contributed by atoms with Crippen molar-refractivity contribution in [3.8, 4) is 0 Å². The third kappa shape index (κ3) is 2.95. The number of nitrogens with zero attached hydrogens (tertiary/aromatic N) is 2. The number of nitrogen functional groups attached to an aromatic ring is 1. The Bertz CT molecular complexity index is 481. The summed E-state index contributed by atoms with van der Waals surface area (Å²) in [7, 11) is -3.29. The fraction of sp³-hybridized carbons (Fsp3) is 0.545. The molecule has 0 aromatic carbocycles. The van der Waals surface area contributed by atoms with Crippen molar-refractivity contribution in [3.63, 3.8) is 0 Å². The van der Waals surface area contributed by atoms with Crippen LogP contribution in [-0.2, 0) is 9.84 Å². The SMILES string of the molecule is Nc1cnccc1S(=O)(=O)CCN1CCCC1. The largest absolute Gasteiger partial charge is 0.396 e. The molecule has 0 aliphatic carbocycles. The third-order valence-electron chi connectivity index (χ3n) is 3.02. The molecular weight excluding hydrogens is 238 g/mol. The maximum Gasteiger partial charge on any atom is 0.181 e. The molecule has 94 valence electrons. The summed E-state index contributed by atoms with van der Waals surface area (Å²) in [4.78, 5) is 6.17. The van der Waals surface area contributed by atoms with E-state index in [4.69, 9.17) is 5.73 Å². The lowest BCUT2D eigenvalue weighted by molar-refractivity contribution is 0.359. The number of pyridine rings is 1. The summed E-state index contributed by atoms with van der Waals surface area (Å²) in [6.45, 7) is 2.59. The van der Waals surface area contributed by atoms with Gasteiger partial charge in [-0.15, -0.1) is 0 Å². The molecule has 1 aliphatic heterocycles. The summed E-state index contributed by atoms with van der Waals surface area (Å²) in [6, 6.07) is 1.47. The molecule has 0 amide bonds. The fourth-order valence-corrected chi connectivity index (χ4v) is 3.44. The summed E-state index contributed by atoms with van der Waals surface area (Å²) in [6.07, 6.45) is 5.16. The summed E-state index contributed by atoms with van der Waals surface area (Å²) in [5.41, 5.74) is 5.87. The first-order chi connectivity index (χ1) is 8.09.